The fraction of sp³-hybridized carbons (Fsp3) is 0.538. The summed E-state index contributed by atoms with van der Waals surface area (Å²) < 4.78 is 0.957. The van der Waals surface area contributed by atoms with Crippen LogP contribution in [-0.4, -0.2) is 25.7 Å². The first-order chi connectivity index (χ1) is 8.08. The van der Waals surface area contributed by atoms with Gasteiger partial charge in [-0.3, -0.25) is 0 Å². The van der Waals surface area contributed by atoms with Crippen LogP contribution >= 0.6 is 27.5 Å². The van der Waals surface area contributed by atoms with Crippen LogP contribution in [0.4, 0.5) is 5.69 Å². The summed E-state index contributed by atoms with van der Waals surface area (Å²) in [5, 5.41) is 4.34. The van der Waals surface area contributed by atoms with E-state index in [4.69, 9.17) is 11.6 Å². The second-order valence-electron chi connectivity index (χ2n) is 4.85. The molecule has 0 spiro atoms. The summed E-state index contributed by atoms with van der Waals surface area (Å²) in [6.07, 6.45) is 0. The predicted octanol–water partition coefficient (Wildman–Crippen LogP) is 3.54. The Bertz CT molecular complexity index is 395. The van der Waals surface area contributed by atoms with Crippen molar-refractivity contribution in [2.75, 3.05) is 24.5 Å². The Hall–Kier alpha value is -0.250. The summed E-state index contributed by atoms with van der Waals surface area (Å²) in [5.41, 5.74) is 1.21. The highest BCUT2D eigenvalue weighted by Gasteiger charge is 2.22. The van der Waals surface area contributed by atoms with Crippen LogP contribution in [0, 0.1) is 5.92 Å². The molecule has 1 heterocycles. The van der Waals surface area contributed by atoms with Crippen LogP contribution in [-0.2, 0) is 0 Å². The second kappa shape index (κ2) is 5.59. The fourth-order valence-corrected chi connectivity index (χ4v) is 2.56. The van der Waals surface area contributed by atoms with E-state index in [-0.39, 0.29) is 0 Å². The molecule has 1 saturated heterocycles. The number of halogens is 2. The maximum absolute atomic E-state index is 6.14. The SMILES string of the molecule is CC(C)C1CN(c2ccc(Br)c(Cl)c2)CCN1. The number of hydrogen-bond donors (Lipinski definition) is 1. The molecule has 2 nitrogen and oxygen atoms in total. The van der Waals surface area contributed by atoms with E-state index < -0.39 is 0 Å². The Morgan fingerprint density at radius 1 is 1.47 bits per heavy atom. The van der Waals surface area contributed by atoms with Gasteiger partial charge in [0.25, 0.3) is 0 Å². The molecule has 1 aromatic carbocycles. The van der Waals surface area contributed by atoms with Crippen LogP contribution in [0.15, 0.2) is 22.7 Å². The molecule has 0 radical (unpaired) electrons. The monoisotopic (exact) mass is 316 g/mol. The lowest BCUT2D eigenvalue weighted by atomic mass is 10.0. The van der Waals surface area contributed by atoms with E-state index in [1.54, 1.807) is 0 Å². The van der Waals surface area contributed by atoms with Gasteiger partial charge < -0.3 is 10.2 Å². The molecule has 1 aromatic rings. The molecule has 0 saturated carbocycles. The van der Waals surface area contributed by atoms with Crippen LogP contribution in [0.25, 0.3) is 0 Å². The van der Waals surface area contributed by atoms with Crippen LogP contribution in [0.2, 0.25) is 5.02 Å². The van der Waals surface area contributed by atoms with E-state index >= 15 is 0 Å². The number of anilines is 1. The van der Waals surface area contributed by atoms with Crippen molar-refractivity contribution in [3.63, 3.8) is 0 Å². The smallest absolute Gasteiger partial charge is 0.0568 e. The van der Waals surface area contributed by atoms with Gasteiger partial charge in [0, 0.05) is 35.8 Å². The lowest BCUT2D eigenvalue weighted by molar-refractivity contribution is 0.368. The average Bonchev–Trinajstić information content (AvgIpc) is 2.33. The molecular formula is C13H18BrClN2. The Kier molecular flexibility index (Phi) is 4.34. The van der Waals surface area contributed by atoms with Gasteiger partial charge in [-0.2, -0.15) is 0 Å². The zero-order valence-electron chi connectivity index (χ0n) is 10.2. The first-order valence-electron chi connectivity index (χ1n) is 6.01. The van der Waals surface area contributed by atoms with Crippen molar-refractivity contribution in [1.82, 2.24) is 5.32 Å². The minimum atomic E-state index is 0.561. The van der Waals surface area contributed by atoms with E-state index in [0.29, 0.717) is 12.0 Å². The molecule has 4 heteroatoms. The van der Waals surface area contributed by atoms with Gasteiger partial charge in [0.2, 0.25) is 0 Å². The van der Waals surface area contributed by atoms with Gasteiger partial charge in [-0.1, -0.05) is 25.4 Å². The molecule has 1 aliphatic rings. The molecule has 0 bridgehead atoms. The fourth-order valence-electron chi connectivity index (χ4n) is 2.14. The maximum atomic E-state index is 6.14. The third-order valence-corrected chi connectivity index (χ3v) is 4.51. The van der Waals surface area contributed by atoms with Crippen LogP contribution in [0.3, 0.4) is 0 Å². The average molecular weight is 318 g/mol. The third-order valence-electron chi connectivity index (χ3n) is 3.28. The molecular weight excluding hydrogens is 300 g/mol. The minimum Gasteiger partial charge on any atom is -0.369 e. The lowest BCUT2D eigenvalue weighted by Gasteiger charge is -2.37. The summed E-state index contributed by atoms with van der Waals surface area (Å²) in [6, 6.07) is 6.74. The predicted molar refractivity (Wildman–Crippen MR) is 78.0 cm³/mol. The number of nitrogens with zero attached hydrogens (tertiary/aromatic N) is 1. The van der Waals surface area contributed by atoms with Gasteiger partial charge >= 0.3 is 0 Å². The Morgan fingerprint density at radius 2 is 2.24 bits per heavy atom. The topological polar surface area (TPSA) is 15.3 Å². The van der Waals surface area contributed by atoms with Crippen molar-refractivity contribution in [2.45, 2.75) is 19.9 Å². The molecule has 0 aliphatic carbocycles. The molecule has 0 amide bonds. The Balaban J connectivity index is 2.13. The van der Waals surface area contributed by atoms with Crippen LogP contribution in [0.5, 0.6) is 0 Å². The highest BCUT2D eigenvalue weighted by atomic mass is 79.9. The van der Waals surface area contributed by atoms with Crippen LogP contribution in [0.1, 0.15) is 13.8 Å². The summed E-state index contributed by atoms with van der Waals surface area (Å²) in [5.74, 6) is 0.656. The normalized spacial score (nSPS) is 21.0. The van der Waals surface area contributed by atoms with Gasteiger partial charge in [0.15, 0.2) is 0 Å². The zero-order valence-corrected chi connectivity index (χ0v) is 12.6. The summed E-state index contributed by atoms with van der Waals surface area (Å²) in [7, 11) is 0. The van der Waals surface area contributed by atoms with Crippen molar-refractivity contribution in [3.05, 3.63) is 27.7 Å². The van der Waals surface area contributed by atoms with Gasteiger partial charge in [-0.15, -0.1) is 0 Å². The number of nitrogens with one attached hydrogen (secondary N) is 1. The van der Waals surface area contributed by atoms with Gasteiger partial charge in [-0.05, 0) is 40.0 Å². The van der Waals surface area contributed by atoms with Crippen molar-refractivity contribution in [1.29, 1.82) is 0 Å². The Labute approximate surface area is 116 Å². The molecule has 1 fully saturated rings. The second-order valence-corrected chi connectivity index (χ2v) is 6.11. The van der Waals surface area contributed by atoms with E-state index in [1.807, 2.05) is 12.1 Å². The van der Waals surface area contributed by atoms with E-state index in [2.05, 4.69) is 46.1 Å². The summed E-state index contributed by atoms with van der Waals surface area (Å²) in [4.78, 5) is 2.40. The first-order valence-corrected chi connectivity index (χ1v) is 7.18. The van der Waals surface area contributed by atoms with E-state index in [0.717, 1.165) is 29.1 Å². The highest BCUT2D eigenvalue weighted by molar-refractivity contribution is 9.10. The maximum Gasteiger partial charge on any atom is 0.0568 e. The van der Waals surface area contributed by atoms with Gasteiger partial charge in [0.1, 0.15) is 0 Å². The number of hydrogen-bond acceptors (Lipinski definition) is 2. The number of rotatable bonds is 2. The highest BCUT2D eigenvalue weighted by Crippen LogP contribution is 2.28. The standard InChI is InChI=1S/C13H18BrClN2/c1-9(2)13-8-17(6-5-16-13)10-3-4-11(14)12(15)7-10/h3-4,7,9,13,16H,5-6,8H2,1-2H3. The quantitative estimate of drug-likeness (QED) is 0.897. The molecule has 1 aliphatic heterocycles. The van der Waals surface area contributed by atoms with E-state index in [1.165, 1.54) is 5.69 Å². The molecule has 1 atom stereocenters. The summed E-state index contributed by atoms with van der Waals surface area (Å²) >= 11 is 9.57. The van der Waals surface area contributed by atoms with Crippen molar-refractivity contribution < 1.29 is 0 Å². The van der Waals surface area contributed by atoms with Gasteiger partial charge in [-0.25, -0.2) is 0 Å². The summed E-state index contributed by atoms with van der Waals surface area (Å²) in [6.45, 7) is 7.65. The van der Waals surface area contributed by atoms with Crippen molar-refractivity contribution >= 4 is 33.2 Å². The zero-order chi connectivity index (χ0) is 12.4. The molecule has 2 rings (SSSR count). The molecule has 17 heavy (non-hydrogen) atoms. The van der Waals surface area contributed by atoms with Crippen molar-refractivity contribution in [2.24, 2.45) is 5.92 Å². The molecule has 0 aromatic heterocycles. The third kappa shape index (κ3) is 3.15. The number of piperazine rings is 1. The first kappa shape index (κ1) is 13.2. The van der Waals surface area contributed by atoms with Gasteiger partial charge in [0.05, 0.1) is 5.02 Å². The minimum absolute atomic E-state index is 0.561. The molecule has 94 valence electrons. The largest absolute Gasteiger partial charge is 0.369 e. The van der Waals surface area contributed by atoms with Crippen LogP contribution < -0.4 is 10.2 Å². The van der Waals surface area contributed by atoms with Crippen molar-refractivity contribution in [3.8, 4) is 0 Å². The lowest BCUT2D eigenvalue weighted by Crippen LogP contribution is -2.52. The molecule has 1 N–H and O–H groups in total. The van der Waals surface area contributed by atoms with E-state index in [9.17, 15) is 0 Å². The molecule has 1 unspecified atom stereocenters. The Morgan fingerprint density at radius 3 is 2.88 bits per heavy atom. The number of benzene rings is 1.